The molecule has 186 valence electrons. The second kappa shape index (κ2) is 10.1. The van der Waals surface area contributed by atoms with Crippen LogP contribution in [0.1, 0.15) is 44.6 Å². The number of carbonyl (C=O) groups excluding carboxylic acids is 1. The van der Waals surface area contributed by atoms with Crippen molar-refractivity contribution >= 4 is 27.0 Å². The van der Waals surface area contributed by atoms with Crippen molar-refractivity contribution < 1.29 is 13.2 Å². The van der Waals surface area contributed by atoms with Gasteiger partial charge in [-0.25, -0.2) is 13.1 Å². The number of likely N-dealkylation sites (tertiary alicyclic amines) is 1. The van der Waals surface area contributed by atoms with Gasteiger partial charge in [-0.1, -0.05) is 42.5 Å². The third-order valence-corrected chi connectivity index (χ3v) is 9.21. The molecule has 0 N–H and O–H groups in total. The summed E-state index contributed by atoms with van der Waals surface area (Å²) >= 11 is 0. The molecular formula is C26H33N5O3S. The van der Waals surface area contributed by atoms with E-state index in [1.54, 1.807) is 22.9 Å². The lowest BCUT2D eigenvalue weighted by Crippen LogP contribution is -2.50. The highest BCUT2D eigenvalue weighted by Gasteiger charge is 2.41. The zero-order valence-corrected chi connectivity index (χ0v) is 21.0. The fourth-order valence-corrected chi connectivity index (χ4v) is 7.09. The Labute approximate surface area is 207 Å². The van der Waals surface area contributed by atoms with Gasteiger partial charge < -0.3 is 4.90 Å². The molecule has 0 spiro atoms. The molecule has 8 nitrogen and oxygen atoms in total. The highest BCUT2D eigenvalue weighted by atomic mass is 32.2. The maximum absolute atomic E-state index is 13.6. The predicted molar refractivity (Wildman–Crippen MR) is 134 cm³/mol. The van der Waals surface area contributed by atoms with Gasteiger partial charge >= 0.3 is 0 Å². The first-order valence-corrected chi connectivity index (χ1v) is 14.1. The average molecular weight is 496 g/mol. The molecule has 1 unspecified atom stereocenters. The summed E-state index contributed by atoms with van der Waals surface area (Å²) in [4.78, 5) is 15.5. The van der Waals surface area contributed by atoms with Gasteiger partial charge in [0.2, 0.25) is 15.9 Å². The number of aryl methyl sites for hydroxylation is 1. The van der Waals surface area contributed by atoms with E-state index in [4.69, 9.17) is 0 Å². The van der Waals surface area contributed by atoms with Gasteiger partial charge in [0.05, 0.1) is 10.4 Å². The molecular weight excluding hydrogens is 462 g/mol. The number of aromatic nitrogens is 3. The Hall–Kier alpha value is -2.78. The molecule has 35 heavy (non-hydrogen) atoms. The van der Waals surface area contributed by atoms with Crippen molar-refractivity contribution in [3.8, 4) is 0 Å². The van der Waals surface area contributed by atoms with Crippen LogP contribution in [0.25, 0.3) is 11.0 Å². The number of sulfonamides is 1. The van der Waals surface area contributed by atoms with Gasteiger partial charge in [0.25, 0.3) is 0 Å². The van der Waals surface area contributed by atoms with Crippen LogP contribution in [-0.4, -0.2) is 64.2 Å². The molecule has 0 radical (unpaired) electrons. The molecule has 3 aromatic rings. The van der Waals surface area contributed by atoms with Crippen LogP contribution in [0.2, 0.25) is 0 Å². The van der Waals surface area contributed by atoms with E-state index in [0.717, 1.165) is 37.7 Å². The fraction of sp³-hybridized carbons (Fsp3) is 0.500. The van der Waals surface area contributed by atoms with Crippen LogP contribution in [0, 0.1) is 5.92 Å². The zero-order chi connectivity index (χ0) is 24.4. The highest BCUT2D eigenvalue weighted by Crippen LogP contribution is 2.30. The Morgan fingerprint density at radius 3 is 2.54 bits per heavy atom. The monoisotopic (exact) mass is 495 g/mol. The zero-order valence-electron chi connectivity index (χ0n) is 20.2. The molecule has 0 saturated carbocycles. The normalized spacial score (nSPS) is 20.0. The summed E-state index contributed by atoms with van der Waals surface area (Å²) in [5.74, 6) is 0.497. The molecule has 1 aromatic heterocycles. The molecule has 2 fully saturated rings. The van der Waals surface area contributed by atoms with Gasteiger partial charge in [-0.3, -0.25) is 4.79 Å². The first-order valence-electron chi connectivity index (χ1n) is 12.6. The van der Waals surface area contributed by atoms with Gasteiger partial charge in [0.1, 0.15) is 11.6 Å². The summed E-state index contributed by atoms with van der Waals surface area (Å²) in [6.07, 6.45) is 5.10. The number of fused-ring (bicyclic) bond motifs is 1. The molecule has 5 rings (SSSR count). The molecule has 0 aliphatic carbocycles. The van der Waals surface area contributed by atoms with E-state index < -0.39 is 16.1 Å². The van der Waals surface area contributed by atoms with Crippen LogP contribution < -0.4 is 0 Å². The SMILES string of the molecule is CCCn1nnc2cc(S(=O)(=O)N3CCCC3C(=O)N3CCC(Cc4ccccc4)CC3)ccc21. The van der Waals surface area contributed by atoms with Gasteiger partial charge in [0, 0.05) is 26.2 Å². The van der Waals surface area contributed by atoms with E-state index in [1.165, 1.54) is 9.87 Å². The molecule has 1 atom stereocenters. The second-order valence-corrected chi connectivity index (χ2v) is 11.6. The number of rotatable bonds is 7. The van der Waals surface area contributed by atoms with E-state index in [1.807, 2.05) is 11.0 Å². The molecule has 0 bridgehead atoms. The lowest BCUT2D eigenvalue weighted by molar-refractivity contribution is -0.136. The Morgan fingerprint density at radius 2 is 1.80 bits per heavy atom. The van der Waals surface area contributed by atoms with Crippen LogP contribution in [0.15, 0.2) is 53.4 Å². The highest BCUT2D eigenvalue weighted by molar-refractivity contribution is 7.89. The number of carbonyl (C=O) groups is 1. The molecule has 1 amide bonds. The standard InChI is InChI=1S/C26H33N5O3S/c1-2-14-30-24-11-10-22(19-23(24)27-28-30)35(33,34)31-15-6-9-25(31)26(32)29-16-12-21(13-17-29)18-20-7-4-3-5-8-20/h3-5,7-8,10-11,19,21,25H,2,6,9,12-18H2,1H3. The quantitative estimate of drug-likeness (QED) is 0.501. The van der Waals surface area contributed by atoms with Gasteiger partial charge in [-0.05, 0) is 68.2 Å². The molecule has 2 aliphatic rings. The van der Waals surface area contributed by atoms with E-state index in [2.05, 4.69) is 41.5 Å². The van der Waals surface area contributed by atoms with Crippen molar-refractivity contribution in [1.29, 1.82) is 0 Å². The largest absolute Gasteiger partial charge is 0.341 e. The number of benzene rings is 2. The van der Waals surface area contributed by atoms with Crippen molar-refractivity contribution in [2.45, 2.75) is 62.9 Å². The summed E-state index contributed by atoms with van der Waals surface area (Å²) in [6, 6.07) is 14.8. The van der Waals surface area contributed by atoms with Crippen molar-refractivity contribution in [2.75, 3.05) is 19.6 Å². The second-order valence-electron chi connectivity index (χ2n) is 9.70. The number of amides is 1. The van der Waals surface area contributed by atoms with Crippen LogP contribution in [0.3, 0.4) is 0 Å². The minimum absolute atomic E-state index is 0.0563. The third kappa shape index (κ3) is 4.84. The first-order chi connectivity index (χ1) is 17.0. The predicted octanol–water partition coefficient (Wildman–Crippen LogP) is 3.48. The topological polar surface area (TPSA) is 88.4 Å². The Morgan fingerprint density at radius 1 is 1.03 bits per heavy atom. The Bertz CT molecular complexity index is 1280. The fourth-order valence-electron chi connectivity index (χ4n) is 5.42. The smallest absolute Gasteiger partial charge is 0.243 e. The van der Waals surface area contributed by atoms with Crippen LogP contribution in [-0.2, 0) is 27.8 Å². The molecule has 2 aliphatic heterocycles. The van der Waals surface area contributed by atoms with E-state index in [9.17, 15) is 13.2 Å². The van der Waals surface area contributed by atoms with Crippen molar-refractivity contribution in [3.05, 3.63) is 54.1 Å². The van der Waals surface area contributed by atoms with E-state index >= 15 is 0 Å². The minimum Gasteiger partial charge on any atom is -0.341 e. The summed E-state index contributed by atoms with van der Waals surface area (Å²) in [7, 11) is -3.81. The van der Waals surface area contributed by atoms with E-state index in [-0.39, 0.29) is 10.8 Å². The van der Waals surface area contributed by atoms with Crippen molar-refractivity contribution in [3.63, 3.8) is 0 Å². The summed E-state index contributed by atoms with van der Waals surface area (Å²) < 4.78 is 30.3. The lowest BCUT2D eigenvalue weighted by atomic mass is 9.90. The number of hydrogen-bond donors (Lipinski definition) is 0. The van der Waals surface area contributed by atoms with Gasteiger partial charge in [-0.15, -0.1) is 5.10 Å². The van der Waals surface area contributed by atoms with Gasteiger partial charge in [-0.2, -0.15) is 4.31 Å². The molecule has 3 heterocycles. The Kier molecular flexibility index (Phi) is 6.88. The van der Waals surface area contributed by atoms with Crippen LogP contribution in [0.4, 0.5) is 0 Å². The number of hydrogen-bond acceptors (Lipinski definition) is 5. The van der Waals surface area contributed by atoms with Crippen LogP contribution in [0.5, 0.6) is 0 Å². The lowest BCUT2D eigenvalue weighted by Gasteiger charge is -2.35. The molecule has 2 aromatic carbocycles. The maximum Gasteiger partial charge on any atom is 0.243 e. The minimum atomic E-state index is -3.81. The van der Waals surface area contributed by atoms with Gasteiger partial charge in [0.15, 0.2) is 0 Å². The van der Waals surface area contributed by atoms with E-state index in [0.29, 0.717) is 43.9 Å². The third-order valence-electron chi connectivity index (χ3n) is 7.31. The summed E-state index contributed by atoms with van der Waals surface area (Å²) in [5.41, 5.74) is 2.71. The number of nitrogens with zero attached hydrogens (tertiary/aromatic N) is 5. The first kappa shape index (κ1) is 23.9. The maximum atomic E-state index is 13.6. The summed E-state index contributed by atoms with van der Waals surface area (Å²) in [5, 5.41) is 8.30. The number of piperidine rings is 1. The van der Waals surface area contributed by atoms with Crippen molar-refractivity contribution in [2.24, 2.45) is 5.92 Å². The van der Waals surface area contributed by atoms with Crippen molar-refractivity contribution in [1.82, 2.24) is 24.2 Å². The Balaban J connectivity index is 1.27. The molecule has 2 saturated heterocycles. The average Bonchev–Trinajstić information content (AvgIpc) is 3.53. The summed E-state index contributed by atoms with van der Waals surface area (Å²) in [6.45, 7) is 4.53. The molecule has 9 heteroatoms. The van der Waals surface area contributed by atoms with Crippen LogP contribution >= 0.6 is 0 Å².